The number of aryl methyl sites for hydroxylation is 1. The lowest BCUT2D eigenvalue weighted by molar-refractivity contribution is -0.138. The molecule has 1 N–H and O–H groups in total. The SMILES string of the molecule is Cc1nc(C(=O)Nc2nnc(C(F)(F)F)s2)cs1. The minimum Gasteiger partial charge on any atom is -0.295 e. The van der Waals surface area contributed by atoms with Crippen LogP contribution in [0.3, 0.4) is 0 Å². The van der Waals surface area contributed by atoms with Gasteiger partial charge < -0.3 is 0 Å². The summed E-state index contributed by atoms with van der Waals surface area (Å²) in [5.74, 6) is -0.607. The number of nitrogens with zero attached hydrogens (tertiary/aromatic N) is 3. The highest BCUT2D eigenvalue weighted by molar-refractivity contribution is 7.15. The third-order valence-corrected chi connectivity index (χ3v) is 3.40. The van der Waals surface area contributed by atoms with Crippen LogP contribution in [0.2, 0.25) is 0 Å². The molecule has 2 aromatic heterocycles. The number of rotatable bonds is 2. The van der Waals surface area contributed by atoms with Gasteiger partial charge in [-0.2, -0.15) is 13.2 Å². The van der Waals surface area contributed by atoms with Crippen molar-refractivity contribution in [1.29, 1.82) is 0 Å². The largest absolute Gasteiger partial charge is 0.445 e. The maximum absolute atomic E-state index is 12.2. The molecule has 0 unspecified atom stereocenters. The van der Waals surface area contributed by atoms with Gasteiger partial charge in [-0.15, -0.1) is 21.5 Å². The third-order valence-electron chi connectivity index (χ3n) is 1.74. The van der Waals surface area contributed by atoms with Gasteiger partial charge in [0.25, 0.3) is 5.91 Å². The molecule has 0 fully saturated rings. The van der Waals surface area contributed by atoms with Crippen LogP contribution in [0.5, 0.6) is 0 Å². The molecule has 0 aliphatic carbocycles. The fraction of sp³-hybridized carbons (Fsp3) is 0.250. The zero-order chi connectivity index (χ0) is 13.3. The van der Waals surface area contributed by atoms with Crippen LogP contribution in [-0.4, -0.2) is 21.1 Å². The van der Waals surface area contributed by atoms with Gasteiger partial charge in [0.05, 0.1) is 5.01 Å². The molecule has 96 valence electrons. The lowest BCUT2D eigenvalue weighted by atomic mass is 10.5. The Morgan fingerprint density at radius 2 is 2.11 bits per heavy atom. The molecular weight excluding hydrogens is 289 g/mol. The third kappa shape index (κ3) is 2.82. The average Bonchev–Trinajstić information content (AvgIpc) is 2.85. The Morgan fingerprint density at radius 3 is 2.61 bits per heavy atom. The molecule has 18 heavy (non-hydrogen) atoms. The molecule has 0 bridgehead atoms. The topological polar surface area (TPSA) is 67.8 Å². The standard InChI is InChI=1S/C8H5F3N4OS2/c1-3-12-4(2-17-3)5(16)13-7-15-14-6(18-7)8(9,10)11/h2H,1H3,(H,13,15,16). The van der Waals surface area contributed by atoms with E-state index in [1.165, 1.54) is 16.7 Å². The van der Waals surface area contributed by atoms with Crippen molar-refractivity contribution < 1.29 is 18.0 Å². The lowest BCUT2D eigenvalue weighted by Gasteiger charge is -1.98. The van der Waals surface area contributed by atoms with Crippen molar-refractivity contribution in [2.75, 3.05) is 5.32 Å². The van der Waals surface area contributed by atoms with E-state index in [0.717, 1.165) is 0 Å². The summed E-state index contributed by atoms with van der Waals surface area (Å²) in [6, 6.07) is 0. The van der Waals surface area contributed by atoms with E-state index in [2.05, 4.69) is 20.5 Å². The number of nitrogens with one attached hydrogen (secondary N) is 1. The zero-order valence-electron chi connectivity index (χ0n) is 8.78. The zero-order valence-corrected chi connectivity index (χ0v) is 10.4. The molecule has 5 nitrogen and oxygen atoms in total. The molecule has 0 saturated carbocycles. The molecule has 2 aromatic rings. The predicted molar refractivity (Wildman–Crippen MR) is 59.7 cm³/mol. The van der Waals surface area contributed by atoms with Crippen LogP contribution in [-0.2, 0) is 6.18 Å². The summed E-state index contributed by atoms with van der Waals surface area (Å²) in [7, 11) is 0. The second-order valence-corrected chi connectivity index (χ2v) is 5.16. The van der Waals surface area contributed by atoms with Crippen molar-refractivity contribution >= 4 is 33.7 Å². The Kier molecular flexibility index (Phi) is 3.30. The molecule has 0 atom stereocenters. The number of hydrogen-bond acceptors (Lipinski definition) is 6. The highest BCUT2D eigenvalue weighted by Crippen LogP contribution is 2.33. The van der Waals surface area contributed by atoms with Gasteiger partial charge in [-0.05, 0) is 6.92 Å². The summed E-state index contributed by atoms with van der Waals surface area (Å²) in [5, 5.41) is 9.30. The van der Waals surface area contributed by atoms with Crippen molar-refractivity contribution in [3.05, 3.63) is 21.1 Å². The van der Waals surface area contributed by atoms with Crippen molar-refractivity contribution in [1.82, 2.24) is 15.2 Å². The van der Waals surface area contributed by atoms with Gasteiger partial charge in [-0.1, -0.05) is 11.3 Å². The van der Waals surface area contributed by atoms with E-state index in [-0.39, 0.29) is 22.2 Å². The first-order chi connectivity index (χ1) is 8.36. The molecular formula is C8H5F3N4OS2. The molecule has 1 amide bonds. The fourth-order valence-corrected chi connectivity index (χ4v) is 2.22. The smallest absolute Gasteiger partial charge is 0.295 e. The van der Waals surface area contributed by atoms with Crippen LogP contribution < -0.4 is 5.32 Å². The highest BCUT2D eigenvalue weighted by atomic mass is 32.1. The van der Waals surface area contributed by atoms with E-state index in [9.17, 15) is 18.0 Å². The van der Waals surface area contributed by atoms with Gasteiger partial charge in [0, 0.05) is 5.38 Å². The summed E-state index contributed by atoms with van der Waals surface area (Å²) in [4.78, 5) is 15.5. The minimum atomic E-state index is -4.56. The van der Waals surface area contributed by atoms with E-state index >= 15 is 0 Å². The summed E-state index contributed by atoms with van der Waals surface area (Å²) in [6.45, 7) is 1.72. The van der Waals surface area contributed by atoms with Crippen LogP contribution in [0.15, 0.2) is 5.38 Å². The van der Waals surface area contributed by atoms with Gasteiger partial charge in [0.2, 0.25) is 10.1 Å². The molecule has 10 heteroatoms. The number of halogens is 3. The Balaban J connectivity index is 2.10. The van der Waals surface area contributed by atoms with Crippen LogP contribution in [0.1, 0.15) is 20.5 Å². The number of carbonyl (C=O) groups is 1. The molecule has 0 radical (unpaired) electrons. The summed E-state index contributed by atoms with van der Waals surface area (Å²) in [6.07, 6.45) is -4.56. The van der Waals surface area contributed by atoms with E-state index in [0.29, 0.717) is 5.01 Å². The van der Waals surface area contributed by atoms with Gasteiger partial charge in [-0.25, -0.2) is 4.98 Å². The van der Waals surface area contributed by atoms with Gasteiger partial charge >= 0.3 is 6.18 Å². The summed E-state index contributed by atoms with van der Waals surface area (Å²) >= 11 is 1.53. The highest BCUT2D eigenvalue weighted by Gasteiger charge is 2.35. The molecule has 2 heterocycles. The molecule has 0 saturated heterocycles. The Hall–Kier alpha value is -1.55. The number of hydrogen-bond donors (Lipinski definition) is 1. The maximum Gasteiger partial charge on any atom is 0.445 e. The maximum atomic E-state index is 12.2. The van der Waals surface area contributed by atoms with Gasteiger partial charge in [0.1, 0.15) is 5.69 Å². The number of aromatic nitrogens is 3. The number of thiazole rings is 1. The molecule has 0 spiro atoms. The first-order valence-corrected chi connectivity index (χ1v) is 6.20. The van der Waals surface area contributed by atoms with Crippen molar-refractivity contribution in [3.63, 3.8) is 0 Å². The number of amides is 1. The number of carbonyl (C=O) groups excluding carboxylic acids is 1. The normalized spacial score (nSPS) is 11.6. The predicted octanol–water partition coefficient (Wildman–Crippen LogP) is 2.57. The van der Waals surface area contributed by atoms with E-state index in [4.69, 9.17) is 0 Å². The van der Waals surface area contributed by atoms with Crippen molar-refractivity contribution in [3.8, 4) is 0 Å². The van der Waals surface area contributed by atoms with Crippen molar-refractivity contribution in [2.45, 2.75) is 13.1 Å². The van der Waals surface area contributed by atoms with Gasteiger partial charge in [0.15, 0.2) is 0 Å². The molecule has 0 aliphatic rings. The fourth-order valence-electron chi connectivity index (χ4n) is 1.02. The van der Waals surface area contributed by atoms with Gasteiger partial charge in [-0.3, -0.25) is 10.1 Å². The average molecular weight is 294 g/mol. The van der Waals surface area contributed by atoms with Crippen LogP contribution >= 0.6 is 22.7 Å². The van der Waals surface area contributed by atoms with Crippen LogP contribution in [0.4, 0.5) is 18.3 Å². The summed E-state index contributed by atoms with van der Waals surface area (Å²) in [5.41, 5.74) is 0.140. The monoisotopic (exact) mass is 294 g/mol. The second-order valence-electron chi connectivity index (χ2n) is 3.12. The molecule has 2 rings (SSSR count). The van der Waals surface area contributed by atoms with Crippen molar-refractivity contribution in [2.24, 2.45) is 0 Å². The summed E-state index contributed by atoms with van der Waals surface area (Å²) < 4.78 is 36.7. The lowest BCUT2D eigenvalue weighted by Crippen LogP contribution is -2.12. The Labute approximate surface area is 107 Å². The van der Waals surface area contributed by atoms with Crippen LogP contribution in [0.25, 0.3) is 0 Å². The number of alkyl halides is 3. The second kappa shape index (κ2) is 4.61. The first kappa shape index (κ1) is 12.9. The molecule has 0 aromatic carbocycles. The minimum absolute atomic E-state index is 0.140. The first-order valence-electron chi connectivity index (χ1n) is 4.50. The van der Waals surface area contributed by atoms with Crippen LogP contribution in [0, 0.1) is 6.92 Å². The number of anilines is 1. The quantitative estimate of drug-likeness (QED) is 0.924. The Bertz CT molecular complexity index is 577. The molecule has 0 aliphatic heterocycles. The Morgan fingerprint density at radius 1 is 1.39 bits per heavy atom. The van der Waals surface area contributed by atoms with E-state index < -0.39 is 17.1 Å². The van der Waals surface area contributed by atoms with E-state index in [1.807, 2.05) is 0 Å². The van der Waals surface area contributed by atoms with E-state index in [1.54, 1.807) is 6.92 Å².